The Bertz CT molecular complexity index is 353. The first-order valence-electron chi connectivity index (χ1n) is 5.34. The summed E-state index contributed by atoms with van der Waals surface area (Å²) in [5.74, 6) is 0.704. The van der Waals surface area contributed by atoms with Crippen LogP contribution in [-0.2, 0) is 4.79 Å². The predicted octanol–water partition coefficient (Wildman–Crippen LogP) is 3.41. The number of amides is 1. The van der Waals surface area contributed by atoms with E-state index in [1.54, 1.807) is 11.8 Å². The van der Waals surface area contributed by atoms with Crippen molar-refractivity contribution < 1.29 is 4.79 Å². The molecule has 0 aliphatic carbocycles. The Balaban J connectivity index is 2.52. The van der Waals surface area contributed by atoms with Crippen LogP contribution in [0.5, 0.6) is 0 Å². The molecule has 1 aromatic rings. The van der Waals surface area contributed by atoms with E-state index in [-0.39, 0.29) is 5.91 Å². The minimum absolute atomic E-state index is 0.200. The fourth-order valence-electron chi connectivity index (χ4n) is 1.37. The van der Waals surface area contributed by atoms with E-state index < -0.39 is 0 Å². The average molecular weight is 302 g/mol. The zero-order chi connectivity index (χ0) is 12.0. The fraction of sp³-hybridized carbons (Fsp3) is 0.417. The highest BCUT2D eigenvalue weighted by Crippen LogP contribution is 2.26. The van der Waals surface area contributed by atoms with Gasteiger partial charge in [0.05, 0.1) is 5.75 Å². The molecular formula is C12H16BrNOS. The minimum Gasteiger partial charge on any atom is -0.343 e. The molecule has 16 heavy (non-hydrogen) atoms. The number of benzene rings is 1. The molecule has 0 N–H and O–H groups in total. The molecular weight excluding hydrogens is 286 g/mol. The molecule has 0 aromatic heterocycles. The zero-order valence-corrected chi connectivity index (χ0v) is 12.0. The van der Waals surface area contributed by atoms with Crippen molar-refractivity contribution in [3.8, 4) is 0 Å². The van der Waals surface area contributed by atoms with Crippen LogP contribution in [0.25, 0.3) is 0 Å². The summed E-state index contributed by atoms with van der Waals surface area (Å²) in [5, 5.41) is 0. The summed E-state index contributed by atoms with van der Waals surface area (Å²) >= 11 is 5.05. The molecule has 0 unspecified atom stereocenters. The first-order valence-corrected chi connectivity index (χ1v) is 7.12. The van der Waals surface area contributed by atoms with Gasteiger partial charge in [-0.2, -0.15) is 0 Å². The molecule has 4 heteroatoms. The second kappa shape index (κ2) is 6.97. The first kappa shape index (κ1) is 13.6. The van der Waals surface area contributed by atoms with Crippen LogP contribution in [0.4, 0.5) is 0 Å². The third kappa shape index (κ3) is 3.83. The predicted molar refractivity (Wildman–Crippen MR) is 72.8 cm³/mol. The van der Waals surface area contributed by atoms with Gasteiger partial charge in [-0.05, 0) is 41.9 Å². The van der Waals surface area contributed by atoms with Gasteiger partial charge >= 0.3 is 0 Å². The largest absolute Gasteiger partial charge is 0.343 e. The Morgan fingerprint density at radius 2 is 1.94 bits per heavy atom. The third-order valence-electron chi connectivity index (χ3n) is 2.30. The Labute approximate surface area is 110 Å². The summed E-state index contributed by atoms with van der Waals surface area (Å²) in [7, 11) is 0. The van der Waals surface area contributed by atoms with E-state index in [1.165, 1.54) is 0 Å². The summed E-state index contributed by atoms with van der Waals surface area (Å²) in [6.07, 6.45) is 0. The standard InChI is InChI=1S/C12H16BrNOS/c1-3-14(4-2)12(15)9-16-11-8-6-5-7-10(11)13/h5-8H,3-4,9H2,1-2H3. The zero-order valence-electron chi connectivity index (χ0n) is 9.57. The van der Waals surface area contributed by atoms with Gasteiger partial charge in [-0.25, -0.2) is 0 Å². The van der Waals surface area contributed by atoms with E-state index in [0.717, 1.165) is 22.5 Å². The van der Waals surface area contributed by atoms with Gasteiger partial charge in [0, 0.05) is 22.5 Å². The lowest BCUT2D eigenvalue weighted by molar-refractivity contribution is -0.127. The van der Waals surface area contributed by atoms with Gasteiger partial charge in [-0.3, -0.25) is 4.79 Å². The Morgan fingerprint density at radius 1 is 1.31 bits per heavy atom. The highest BCUT2D eigenvalue weighted by atomic mass is 79.9. The van der Waals surface area contributed by atoms with Crippen LogP contribution in [0.1, 0.15) is 13.8 Å². The summed E-state index contributed by atoms with van der Waals surface area (Å²) in [6, 6.07) is 7.96. The number of carbonyl (C=O) groups is 1. The van der Waals surface area contributed by atoms with E-state index in [4.69, 9.17) is 0 Å². The van der Waals surface area contributed by atoms with Crippen LogP contribution in [0.3, 0.4) is 0 Å². The van der Waals surface area contributed by atoms with Crippen molar-refractivity contribution in [3.63, 3.8) is 0 Å². The maximum Gasteiger partial charge on any atom is 0.232 e. The van der Waals surface area contributed by atoms with Crippen molar-refractivity contribution >= 4 is 33.6 Å². The van der Waals surface area contributed by atoms with Gasteiger partial charge < -0.3 is 4.90 Å². The molecule has 0 fully saturated rings. The molecule has 0 atom stereocenters. The molecule has 1 rings (SSSR count). The minimum atomic E-state index is 0.200. The fourth-order valence-corrected chi connectivity index (χ4v) is 2.84. The summed E-state index contributed by atoms with van der Waals surface area (Å²) in [4.78, 5) is 14.7. The summed E-state index contributed by atoms with van der Waals surface area (Å²) in [5.41, 5.74) is 0. The van der Waals surface area contributed by atoms with E-state index in [2.05, 4.69) is 15.9 Å². The number of hydrogen-bond acceptors (Lipinski definition) is 2. The number of thioether (sulfide) groups is 1. The van der Waals surface area contributed by atoms with Gasteiger partial charge in [0.2, 0.25) is 5.91 Å². The Hall–Kier alpha value is -0.480. The molecule has 0 radical (unpaired) electrons. The van der Waals surface area contributed by atoms with Crippen LogP contribution in [0.15, 0.2) is 33.6 Å². The third-order valence-corrected chi connectivity index (χ3v) is 4.32. The molecule has 0 heterocycles. The maximum absolute atomic E-state index is 11.8. The highest BCUT2D eigenvalue weighted by Gasteiger charge is 2.10. The van der Waals surface area contributed by atoms with E-state index >= 15 is 0 Å². The van der Waals surface area contributed by atoms with Crippen molar-refractivity contribution in [3.05, 3.63) is 28.7 Å². The number of carbonyl (C=O) groups excluding carboxylic acids is 1. The van der Waals surface area contributed by atoms with Crippen LogP contribution in [0.2, 0.25) is 0 Å². The number of halogens is 1. The molecule has 2 nitrogen and oxygen atoms in total. The van der Waals surface area contributed by atoms with E-state index in [1.807, 2.05) is 43.0 Å². The topological polar surface area (TPSA) is 20.3 Å². The molecule has 88 valence electrons. The van der Waals surface area contributed by atoms with Gasteiger partial charge in [-0.1, -0.05) is 12.1 Å². The van der Waals surface area contributed by atoms with Crippen molar-refractivity contribution in [1.82, 2.24) is 4.90 Å². The van der Waals surface area contributed by atoms with Crippen LogP contribution >= 0.6 is 27.7 Å². The number of nitrogens with zero attached hydrogens (tertiary/aromatic N) is 1. The van der Waals surface area contributed by atoms with Crippen molar-refractivity contribution in [2.75, 3.05) is 18.8 Å². The molecule has 1 amide bonds. The number of rotatable bonds is 5. The highest BCUT2D eigenvalue weighted by molar-refractivity contribution is 9.10. The second-order valence-corrected chi connectivity index (χ2v) is 5.16. The van der Waals surface area contributed by atoms with Crippen molar-refractivity contribution in [2.24, 2.45) is 0 Å². The summed E-state index contributed by atoms with van der Waals surface area (Å²) < 4.78 is 1.05. The van der Waals surface area contributed by atoms with E-state index in [9.17, 15) is 4.79 Å². The van der Waals surface area contributed by atoms with Crippen molar-refractivity contribution in [1.29, 1.82) is 0 Å². The SMILES string of the molecule is CCN(CC)C(=O)CSc1ccccc1Br. The Morgan fingerprint density at radius 3 is 2.50 bits per heavy atom. The van der Waals surface area contributed by atoms with Crippen LogP contribution < -0.4 is 0 Å². The monoisotopic (exact) mass is 301 g/mol. The normalized spacial score (nSPS) is 10.2. The lowest BCUT2D eigenvalue weighted by Gasteiger charge is -2.18. The molecule has 0 aliphatic rings. The average Bonchev–Trinajstić information content (AvgIpc) is 2.29. The maximum atomic E-state index is 11.8. The van der Waals surface area contributed by atoms with Crippen molar-refractivity contribution in [2.45, 2.75) is 18.7 Å². The van der Waals surface area contributed by atoms with Crippen LogP contribution in [0, 0.1) is 0 Å². The second-order valence-electron chi connectivity index (χ2n) is 3.29. The first-order chi connectivity index (χ1) is 7.69. The lowest BCUT2D eigenvalue weighted by Crippen LogP contribution is -2.31. The van der Waals surface area contributed by atoms with Gasteiger partial charge in [0.25, 0.3) is 0 Å². The quantitative estimate of drug-likeness (QED) is 0.777. The van der Waals surface area contributed by atoms with Crippen LogP contribution in [-0.4, -0.2) is 29.6 Å². The molecule has 0 saturated carbocycles. The lowest BCUT2D eigenvalue weighted by atomic mass is 10.4. The molecule has 0 bridgehead atoms. The van der Waals surface area contributed by atoms with Gasteiger partial charge in [-0.15, -0.1) is 11.8 Å². The number of hydrogen-bond donors (Lipinski definition) is 0. The van der Waals surface area contributed by atoms with E-state index in [0.29, 0.717) is 5.75 Å². The molecule has 0 spiro atoms. The van der Waals surface area contributed by atoms with Gasteiger partial charge in [0.1, 0.15) is 0 Å². The summed E-state index contributed by atoms with van der Waals surface area (Å²) in [6.45, 7) is 5.58. The van der Waals surface area contributed by atoms with Gasteiger partial charge in [0.15, 0.2) is 0 Å². The Kier molecular flexibility index (Phi) is 5.91. The molecule has 1 aromatic carbocycles. The molecule has 0 saturated heterocycles. The smallest absolute Gasteiger partial charge is 0.232 e. The molecule has 0 aliphatic heterocycles.